The molecule has 2 aromatic rings. The number of carbonyl (C=O) groups excluding carboxylic acids is 4. The van der Waals surface area contributed by atoms with Crippen molar-refractivity contribution >= 4 is 40.5 Å². The van der Waals surface area contributed by atoms with Crippen molar-refractivity contribution in [2.45, 2.75) is 110 Å². The lowest BCUT2D eigenvalue weighted by atomic mass is 10.1. The van der Waals surface area contributed by atoms with Crippen LogP contribution in [0.1, 0.15) is 59.1 Å². The van der Waals surface area contributed by atoms with Crippen molar-refractivity contribution in [3.8, 4) is 0 Å². The standard InChI is InChI=1S/C36H57N3O8Si2/c1-35(2,3)48(7,8)46-30(32(41)37-22-21-29(40)44-25-27-17-13-11-14-18-27)31(47-49(9,10)36(4,5)6)33(42)38-23-24-39-34(43)45-26-28-19-15-12-16-20-28/h11-20,30-31H,21-26H2,1-10H3,(H,37,41)(H,38,42)(H,39,43)/t30-,31+/m0/s1. The summed E-state index contributed by atoms with van der Waals surface area (Å²) in [5.41, 5.74) is 1.71. The lowest BCUT2D eigenvalue weighted by Gasteiger charge is -2.44. The van der Waals surface area contributed by atoms with Crippen LogP contribution in [0, 0.1) is 0 Å². The van der Waals surface area contributed by atoms with Gasteiger partial charge in [-0.2, -0.15) is 0 Å². The number of hydrogen-bond donors (Lipinski definition) is 3. The summed E-state index contributed by atoms with van der Waals surface area (Å²) in [5.74, 6) is -1.56. The third-order valence-electron chi connectivity index (χ3n) is 9.02. The van der Waals surface area contributed by atoms with Gasteiger partial charge >= 0.3 is 12.1 Å². The number of alkyl carbamates (subject to hydrolysis) is 1. The van der Waals surface area contributed by atoms with E-state index in [1.54, 1.807) is 0 Å². The maximum absolute atomic E-state index is 13.9. The van der Waals surface area contributed by atoms with Crippen LogP contribution >= 0.6 is 0 Å². The molecule has 0 fully saturated rings. The van der Waals surface area contributed by atoms with Gasteiger partial charge in [-0.05, 0) is 47.4 Å². The van der Waals surface area contributed by atoms with E-state index in [1.165, 1.54) is 0 Å². The maximum Gasteiger partial charge on any atom is 0.407 e. The summed E-state index contributed by atoms with van der Waals surface area (Å²) in [7, 11) is -5.26. The van der Waals surface area contributed by atoms with Crippen molar-refractivity contribution < 1.29 is 37.5 Å². The van der Waals surface area contributed by atoms with Crippen LogP contribution in [-0.4, -0.2) is 72.4 Å². The average molecular weight is 716 g/mol. The van der Waals surface area contributed by atoms with Crippen LogP contribution in [0.25, 0.3) is 0 Å². The number of benzene rings is 2. The molecule has 2 aromatic carbocycles. The van der Waals surface area contributed by atoms with Gasteiger partial charge in [-0.3, -0.25) is 14.4 Å². The zero-order chi connectivity index (χ0) is 36.9. The normalized spacial score (nSPS) is 13.5. The molecule has 0 saturated carbocycles. The van der Waals surface area contributed by atoms with Crippen LogP contribution in [-0.2, 0) is 45.9 Å². The van der Waals surface area contributed by atoms with Crippen LogP contribution in [0.5, 0.6) is 0 Å². The van der Waals surface area contributed by atoms with Crippen molar-refractivity contribution in [3.05, 3.63) is 71.8 Å². The summed E-state index contributed by atoms with van der Waals surface area (Å²) < 4.78 is 23.9. The van der Waals surface area contributed by atoms with Crippen LogP contribution in [0.3, 0.4) is 0 Å². The Labute approximate surface area is 294 Å². The molecular formula is C36H57N3O8Si2. The third-order valence-corrected chi connectivity index (χ3v) is 17.9. The number of esters is 1. The molecule has 13 heteroatoms. The topological polar surface area (TPSA) is 141 Å². The van der Waals surface area contributed by atoms with Crippen LogP contribution < -0.4 is 16.0 Å². The van der Waals surface area contributed by atoms with Gasteiger partial charge in [0.25, 0.3) is 11.8 Å². The molecule has 0 saturated heterocycles. The monoisotopic (exact) mass is 715 g/mol. The Bertz CT molecular complexity index is 1360. The lowest BCUT2D eigenvalue weighted by Crippen LogP contribution is -2.60. The molecule has 2 atom stereocenters. The molecule has 0 aromatic heterocycles. The minimum absolute atomic E-state index is 0.00668. The molecule has 0 aliphatic carbocycles. The van der Waals surface area contributed by atoms with Crippen molar-refractivity contribution in [3.63, 3.8) is 0 Å². The van der Waals surface area contributed by atoms with E-state index in [-0.39, 0.29) is 49.3 Å². The van der Waals surface area contributed by atoms with Gasteiger partial charge in [0, 0.05) is 19.6 Å². The highest BCUT2D eigenvalue weighted by Gasteiger charge is 2.49. The second-order valence-electron chi connectivity index (χ2n) is 15.1. The first kappa shape index (κ1) is 41.6. The maximum atomic E-state index is 13.9. The Kier molecular flexibility index (Phi) is 15.7. The highest BCUT2D eigenvalue weighted by atomic mass is 28.4. The van der Waals surface area contributed by atoms with Crippen LogP contribution in [0.15, 0.2) is 60.7 Å². The molecule has 0 heterocycles. The van der Waals surface area contributed by atoms with Crippen LogP contribution in [0.4, 0.5) is 4.79 Å². The van der Waals surface area contributed by atoms with E-state index >= 15 is 0 Å². The predicted octanol–water partition coefficient (Wildman–Crippen LogP) is 6.06. The quantitative estimate of drug-likeness (QED) is 0.102. The van der Waals surface area contributed by atoms with Gasteiger partial charge in [0.15, 0.2) is 28.8 Å². The van der Waals surface area contributed by atoms with E-state index in [2.05, 4.69) is 16.0 Å². The zero-order valence-corrected chi connectivity index (χ0v) is 32.9. The molecule has 272 valence electrons. The van der Waals surface area contributed by atoms with E-state index in [9.17, 15) is 19.2 Å². The van der Waals surface area contributed by atoms with Gasteiger partial charge in [0.2, 0.25) is 0 Å². The van der Waals surface area contributed by atoms with Gasteiger partial charge in [-0.1, -0.05) is 102 Å². The average Bonchev–Trinajstić information content (AvgIpc) is 3.02. The first-order chi connectivity index (χ1) is 22.7. The number of ether oxygens (including phenoxy) is 2. The zero-order valence-electron chi connectivity index (χ0n) is 30.9. The highest BCUT2D eigenvalue weighted by molar-refractivity contribution is 6.75. The minimum Gasteiger partial charge on any atom is -0.461 e. The molecule has 11 nitrogen and oxygen atoms in total. The second-order valence-corrected chi connectivity index (χ2v) is 24.6. The molecule has 3 N–H and O–H groups in total. The molecule has 0 spiro atoms. The first-order valence-electron chi connectivity index (χ1n) is 16.8. The lowest BCUT2D eigenvalue weighted by molar-refractivity contribution is -0.146. The Balaban J connectivity index is 2.18. The van der Waals surface area contributed by atoms with Crippen molar-refractivity contribution in [1.82, 2.24) is 16.0 Å². The molecule has 0 aliphatic rings. The van der Waals surface area contributed by atoms with E-state index in [0.717, 1.165) is 11.1 Å². The minimum atomic E-state index is -2.63. The summed E-state index contributed by atoms with van der Waals surface area (Å²) in [4.78, 5) is 52.5. The van der Waals surface area contributed by atoms with E-state index in [4.69, 9.17) is 18.3 Å². The van der Waals surface area contributed by atoms with Gasteiger partial charge in [0.1, 0.15) is 13.2 Å². The molecule has 2 rings (SSSR count). The fourth-order valence-electron chi connectivity index (χ4n) is 3.92. The SMILES string of the molecule is CC(C)(C)[Si](C)(C)O[C@H](C(=O)NCCC(=O)OCc1ccccc1)[C@@H](O[Si](C)(C)C(C)(C)C)C(=O)NCCNC(=O)OCc1ccccc1. The Morgan fingerprint density at radius 3 is 1.41 bits per heavy atom. The highest BCUT2D eigenvalue weighted by Crippen LogP contribution is 2.40. The second kappa shape index (κ2) is 18.5. The first-order valence-corrected chi connectivity index (χ1v) is 22.6. The van der Waals surface area contributed by atoms with Gasteiger partial charge in [0.05, 0.1) is 6.42 Å². The van der Waals surface area contributed by atoms with Crippen molar-refractivity contribution in [2.75, 3.05) is 19.6 Å². The van der Waals surface area contributed by atoms with E-state index in [1.807, 2.05) is 128 Å². The summed E-state index contributed by atoms with van der Waals surface area (Å²) in [5, 5.41) is 7.69. The summed E-state index contributed by atoms with van der Waals surface area (Å²) in [6, 6.07) is 18.6. The van der Waals surface area contributed by atoms with Crippen molar-refractivity contribution in [1.29, 1.82) is 0 Å². The predicted molar refractivity (Wildman–Crippen MR) is 196 cm³/mol. The Morgan fingerprint density at radius 1 is 0.592 bits per heavy atom. The smallest absolute Gasteiger partial charge is 0.407 e. The summed E-state index contributed by atoms with van der Waals surface area (Å²) in [6.45, 7) is 20.7. The molecule has 49 heavy (non-hydrogen) atoms. The molecular weight excluding hydrogens is 659 g/mol. The fraction of sp³-hybridized carbons (Fsp3) is 0.556. The Hall–Kier alpha value is -3.53. The third kappa shape index (κ3) is 14.1. The van der Waals surface area contributed by atoms with Gasteiger partial charge in [-0.25, -0.2) is 4.79 Å². The molecule has 0 aliphatic heterocycles. The number of carbonyl (C=O) groups is 4. The van der Waals surface area contributed by atoms with Gasteiger partial charge < -0.3 is 34.3 Å². The molecule has 0 bridgehead atoms. The Morgan fingerprint density at radius 2 is 0.980 bits per heavy atom. The largest absolute Gasteiger partial charge is 0.461 e. The van der Waals surface area contributed by atoms with E-state index in [0.29, 0.717) is 0 Å². The van der Waals surface area contributed by atoms with Gasteiger partial charge in [-0.15, -0.1) is 0 Å². The number of amides is 3. The summed E-state index contributed by atoms with van der Waals surface area (Å²) in [6.07, 6.45) is -3.26. The van der Waals surface area contributed by atoms with Crippen LogP contribution in [0.2, 0.25) is 36.3 Å². The molecule has 3 amide bonds. The van der Waals surface area contributed by atoms with Crippen molar-refractivity contribution in [2.24, 2.45) is 0 Å². The van der Waals surface area contributed by atoms with E-state index < -0.39 is 52.7 Å². The molecule has 0 unspecified atom stereocenters. The number of hydrogen-bond acceptors (Lipinski definition) is 8. The molecule has 0 radical (unpaired) electrons. The summed E-state index contributed by atoms with van der Waals surface area (Å²) >= 11 is 0. The number of nitrogens with one attached hydrogen (secondary N) is 3. The fourth-order valence-corrected chi connectivity index (χ4v) is 6.36. The number of rotatable bonds is 17.